The number of likely N-dealkylation sites (tertiary alicyclic amines) is 1. The van der Waals surface area contributed by atoms with Crippen LogP contribution in [-0.4, -0.2) is 29.9 Å². The first-order valence-electron chi connectivity index (χ1n) is 8.79. The third kappa shape index (κ3) is 3.40. The molecule has 23 heavy (non-hydrogen) atoms. The minimum absolute atomic E-state index is 0.280. The van der Waals surface area contributed by atoms with Gasteiger partial charge in [0, 0.05) is 25.0 Å². The lowest BCUT2D eigenvalue weighted by molar-refractivity contribution is -0.123. The normalized spacial score (nSPS) is 22.2. The fraction of sp³-hybridized carbons (Fsp3) is 0.450. The highest BCUT2D eigenvalue weighted by atomic mass is 16.2. The predicted molar refractivity (Wildman–Crippen MR) is 93.1 cm³/mol. The summed E-state index contributed by atoms with van der Waals surface area (Å²) in [6, 6.07) is 15.5. The first kappa shape index (κ1) is 14.7. The molecule has 1 amide bonds. The number of hydrogen-bond donors (Lipinski definition) is 1. The Labute approximate surface area is 137 Å². The first-order chi connectivity index (χ1) is 11.3. The van der Waals surface area contributed by atoms with Crippen molar-refractivity contribution < 1.29 is 4.79 Å². The van der Waals surface area contributed by atoms with Gasteiger partial charge in [-0.1, -0.05) is 42.5 Å². The zero-order valence-electron chi connectivity index (χ0n) is 13.5. The van der Waals surface area contributed by atoms with Crippen molar-refractivity contribution in [3.05, 3.63) is 48.0 Å². The summed E-state index contributed by atoms with van der Waals surface area (Å²) in [6.45, 7) is 3.07. The van der Waals surface area contributed by atoms with Crippen LogP contribution in [0.15, 0.2) is 42.5 Å². The quantitative estimate of drug-likeness (QED) is 0.939. The molecule has 2 aromatic rings. The van der Waals surface area contributed by atoms with Gasteiger partial charge in [-0.2, -0.15) is 0 Å². The van der Waals surface area contributed by atoms with Crippen LogP contribution in [0, 0.1) is 5.92 Å². The van der Waals surface area contributed by atoms with E-state index in [9.17, 15) is 4.79 Å². The lowest BCUT2D eigenvalue weighted by Crippen LogP contribution is -2.47. The smallest absolute Gasteiger partial charge is 0.223 e. The fourth-order valence-corrected chi connectivity index (χ4v) is 3.65. The summed E-state index contributed by atoms with van der Waals surface area (Å²) in [6.07, 6.45) is 4.45. The van der Waals surface area contributed by atoms with Gasteiger partial charge >= 0.3 is 0 Å². The summed E-state index contributed by atoms with van der Waals surface area (Å²) in [5, 5.41) is 5.91. The monoisotopic (exact) mass is 308 g/mol. The summed E-state index contributed by atoms with van der Waals surface area (Å²) in [5.74, 6) is 0.588. The van der Waals surface area contributed by atoms with Crippen LogP contribution in [-0.2, 0) is 11.3 Å². The number of carbonyl (C=O) groups excluding carboxylic acids is 1. The van der Waals surface area contributed by atoms with E-state index >= 15 is 0 Å². The van der Waals surface area contributed by atoms with Gasteiger partial charge in [-0.25, -0.2) is 0 Å². The number of piperidine rings is 1. The van der Waals surface area contributed by atoms with Gasteiger partial charge < -0.3 is 5.32 Å². The molecule has 4 rings (SSSR count). The van der Waals surface area contributed by atoms with Crippen LogP contribution in [0.4, 0.5) is 0 Å². The van der Waals surface area contributed by atoms with Crippen LogP contribution >= 0.6 is 0 Å². The van der Waals surface area contributed by atoms with Crippen LogP contribution in [0.1, 0.15) is 31.2 Å². The van der Waals surface area contributed by atoms with E-state index < -0.39 is 0 Å². The van der Waals surface area contributed by atoms with Crippen LogP contribution < -0.4 is 5.32 Å². The molecular formula is C20H24N2O. The molecule has 1 atom stereocenters. The van der Waals surface area contributed by atoms with Gasteiger partial charge in [0.05, 0.1) is 0 Å². The second-order valence-electron chi connectivity index (χ2n) is 7.00. The van der Waals surface area contributed by atoms with Crippen molar-refractivity contribution in [1.29, 1.82) is 0 Å². The Morgan fingerprint density at radius 2 is 1.91 bits per heavy atom. The summed E-state index contributed by atoms with van der Waals surface area (Å²) in [5.41, 5.74) is 1.39. The Morgan fingerprint density at radius 1 is 1.09 bits per heavy atom. The Morgan fingerprint density at radius 3 is 2.78 bits per heavy atom. The topological polar surface area (TPSA) is 32.3 Å². The van der Waals surface area contributed by atoms with Gasteiger partial charge in [0.2, 0.25) is 5.91 Å². The van der Waals surface area contributed by atoms with Crippen molar-refractivity contribution in [1.82, 2.24) is 10.2 Å². The highest BCUT2D eigenvalue weighted by Gasteiger charge is 2.32. The van der Waals surface area contributed by atoms with E-state index in [2.05, 4.69) is 52.7 Å². The van der Waals surface area contributed by atoms with E-state index in [1.807, 2.05) is 0 Å². The molecule has 2 aromatic carbocycles. The Kier molecular flexibility index (Phi) is 4.04. The van der Waals surface area contributed by atoms with Gasteiger partial charge in [-0.3, -0.25) is 9.69 Å². The second-order valence-corrected chi connectivity index (χ2v) is 7.00. The molecule has 2 fully saturated rings. The molecule has 2 aliphatic rings. The molecule has 0 aromatic heterocycles. The Balaban J connectivity index is 1.44. The van der Waals surface area contributed by atoms with Gasteiger partial charge in [-0.15, -0.1) is 0 Å². The van der Waals surface area contributed by atoms with Crippen molar-refractivity contribution in [3.63, 3.8) is 0 Å². The number of hydrogen-bond acceptors (Lipinski definition) is 2. The number of carbonyl (C=O) groups is 1. The number of fused-ring (bicyclic) bond motifs is 1. The standard InChI is InChI=1S/C20H24N2O/c23-20(16-10-11-16)21-18-8-4-12-22(14-18)13-17-7-3-6-15-5-1-2-9-19(15)17/h1-3,5-7,9,16,18H,4,8,10-14H2,(H,21,23). The Hall–Kier alpha value is -1.87. The highest BCUT2D eigenvalue weighted by Crippen LogP contribution is 2.29. The highest BCUT2D eigenvalue weighted by molar-refractivity contribution is 5.85. The molecule has 1 N–H and O–H groups in total. The molecule has 1 saturated carbocycles. The van der Waals surface area contributed by atoms with E-state index in [4.69, 9.17) is 0 Å². The van der Waals surface area contributed by atoms with Crippen molar-refractivity contribution in [2.75, 3.05) is 13.1 Å². The molecule has 120 valence electrons. The van der Waals surface area contributed by atoms with Gasteiger partial charge in [0.1, 0.15) is 0 Å². The number of rotatable bonds is 4. The fourth-order valence-electron chi connectivity index (χ4n) is 3.65. The van der Waals surface area contributed by atoms with Crippen molar-refractivity contribution in [3.8, 4) is 0 Å². The predicted octanol–water partition coefficient (Wildman–Crippen LogP) is 3.33. The van der Waals surface area contributed by atoms with Gasteiger partial charge in [-0.05, 0) is 48.6 Å². The number of amides is 1. The van der Waals surface area contributed by atoms with Gasteiger partial charge in [0.25, 0.3) is 0 Å². The van der Waals surface area contributed by atoms with Crippen LogP contribution in [0.5, 0.6) is 0 Å². The number of nitrogens with one attached hydrogen (secondary N) is 1. The SMILES string of the molecule is O=C(NC1CCCN(Cc2cccc3ccccc23)C1)C1CC1. The average Bonchev–Trinajstić information content (AvgIpc) is 3.41. The third-order valence-electron chi connectivity index (χ3n) is 5.07. The molecule has 1 aliphatic carbocycles. The van der Waals surface area contributed by atoms with Crippen molar-refractivity contribution >= 4 is 16.7 Å². The molecule has 1 unspecified atom stereocenters. The average molecular weight is 308 g/mol. The molecule has 1 saturated heterocycles. The maximum atomic E-state index is 12.0. The van der Waals surface area contributed by atoms with Crippen molar-refractivity contribution in [2.45, 2.75) is 38.3 Å². The molecule has 1 heterocycles. The molecule has 1 aliphatic heterocycles. The zero-order valence-corrected chi connectivity index (χ0v) is 13.5. The van der Waals surface area contributed by atoms with E-state index in [0.717, 1.165) is 38.9 Å². The van der Waals surface area contributed by atoms with Crippen LogP contribution in [0.25, 0.3) is 10.8 Å². The van der Waals surface area contributed by atoms with Crippen molar-refractivity contribution in [2.24, 2.45) is 5.92 Å². The molecule has 0 bridgehead atoms. The molecule has 3 nitrogen and oxygen atoms in total. The molecule has 3 heteroatoms. The van der Waals surface area contributed by atoms with Crippen LogP contribution in [0.2, 0.25) is 0 Å². The maximum absolute atomic E-state index is 12.0. The van der Waals surface area contributed by atoms with Crippen LogP contribution in [0.3, 0.4) is 0 Å². The van der Waals surface area contributed by atoms with E-state index in [0.29, 0.717) is 12.0 Å². The summed E-state index contributed by atoms with van der Waals surface area (Å²) >= 11 is 0. The molecular weight excluding hydrogens is 284 g/mol. The Bertz CT molecular complexity index is 702. The summed E-state index contributed by atoms with van der Waals surface area (Å²) in [4.78, 5) is 14.5. The third-order valence-corrected chi connectivity index (χ3v) is 5.07. The lowest BCUT2D eigenvalue weighted by atomic mass is 10.0. The second kappa shape index (κ2) is 6.32. The van der Waals surface area contributed by atoms with Gasteiger partial charge in [0.15, 0.2) is 0 Å². The number of benzene rings is 2. The van der Waals surface area contributed by atoms with E-state index in [1.54, 1.807) is 0 Å². The summed E-state index contributed by atoms with van der Waals surface area (Å²) < 4.78 is 0. The molecule has 0 spiro atoms. The maximum Gasteiger partial charge on any atom is 0.223 e. The van der Waals surface area contributed by atoms with E-state index in [-0.39, 0.29) is 5.91 Å². The largest absolute Gasteiger partial charge is 0.352 e. The molecule has 0 radical (unpaired) electrons. The minimum Gasteiger partial charge on any atom is -0.352 e. The number of nitrogens with zero attached hydrogens (tertiary/aromatic N) is 1. The first-order valence-corrected chi connectivity index (χ1v) is 8.79. The van der Waals surface area contributed by atoms with E-state index in [1.165, 1.54) is 22.8 Å². The zero-order chi connectivity index (χ0) is 15.6. The lowest BCUT2D eigenvalue weighted by Gasteiger charge is -2.33. The summed E-state index contributed by atoms with van der Waals surface area (Å²) in [7, 11) is 0. The minimum atomic E-state index is 0.280.